The highest BCUT2D eigenvalue weighted by atomic mass is 79.9. The first-order valence-electron chi connectivity index (χ1n) is 3.25. The van der Waals surface area contributed by atoms with E-state index in [1.807, 2.05) is 0 Å². The van der Waals surface area contributed by atoms with Crippen molar-refractivity contribution >= 4 is 27.5 Å². The number of halogens is 1. The molecule has 0 aromatic carbocycles. The Kier molecular flexibility index (Phi) is 2.70. The quantitative estimate of drug-likeness (QED) is 0.795. The zero-order valence-electron chi connectivity index (χ0n) is 6.37. The van der Waals surface area contributed by atoms with Crippen molar-refractivity contribution in [2.24, 2.45) is 0 Å². The van der Waals surface area contributed by atoms with Crippen LogP contribution in [0, 0.1) is 0 Å². The molecule has 1 N–H and O–H groups in total. The Labute approximate surface area is 77.8 Å². The SMILES string of the molecule is C/C(=C\C(=O)O)c1cc(Br)co1. The minimum Gasteiger partial charge on any atom is -0.478 e. The molecule has 12 heavy (non-hydrogen) atoms. The van der Waals surface area contributed by atoms with E-state index in [-0.39, 0.29) is 0 Å². The summed E-state index contributed by atoms with van der Waals surface area (Å²) in [6.07, 6.45) is 2.61. The van der Waals surface area contributed by atoms with E-state index in [4.69, 9.17) is 9.52 Å². The zero-order valence-corrected chi connectivity index (χ0v) is 7.96. The maximum atomic E-state index is 10.3. The van der Waals surface area contributed by atoms with E-state index >= 15 is 0 Å². The zero-order chi connectivity index (χ0) is 9.14. The van der Waals surface area contributed by atoms with Crippen LogP contribution < -0.4 is 0 Å². The molecule has 1 aromatic rings. The predicted octanol–water partition coefficient (Wildman–Crippen LogP) is 2.53. The summed E-state index contributed by atoms with van der Waals surface area (Å²) >= 11 is 3.20. The Morgan fingerprint density at radius 3 is 2.83 bits per heavy atom. The van der Waals surface area contributed by atoms with Crippen LogP contribution in [-0.4, -0.2) is 11.1 Å². The van der Waals surface area contributed by atoms with Gasteiger partial charge in [-0.05, 0) is 34.5 Å². The molecule has 0 unspecified atom stereocenters. The second kappa shape index (κ2) is 3.58. The summed E-state index contributed by atoms with van der Waals surface area (Å²) in [6.45, 7) is 1.68. The number of carboxylic acid groups (broad SMARTS) is 1. The van der Waals surface area contributed by atoms with Crippen molar-refractivity contribution in [1.82, 2.24) is 0 Å². The maximum Gasteiger partial charge on any atom is 0.328 e. The minimum atomic E-state index is -0.972. The first kappa shape index (κ1) is 9.06. The van der Waals surface area contributed by atoms with Crippen LogP contribution in [0.1, 0.15) is 12.7 Å². The largest absolute Gasteiger partial charge is 0.478 e. The third-order valence-corrected chi connectivity index (χ3v) is 1.71. The van der Waals surface area contributed by atoms with Gasteiger partial charge in [0.2, 0.25) is 0 Å². The fourth-order valence-corrected chi connectivity index (χ4v) is 1.08. The summed E-state index contributed by atoms with van der Waals surface area (Å²) in [5.41, 5.74) is 0.591. The molecule has 0 radical (unpaired) electrons. The Balaban J connectivity index is 2.91. The molecule has 3 nitrogen and oxygen atoms in total. The molecule has 0 aliphatic carbocycles. The van der Waals surface area contributed by atoms with Crippen LogP contribution in [0.15, 0.2) is 27.3 Å². The molecule has 0 aliphatic heterocycles. The molecule has 4 heteroatoms. The monoisotopic (exact) mass is 230 g/mol. The van der Waals surface area contributed by atoms with Gasteiger partial charge in [0.05, 0.1) is 4.47 Å². The normalized spacial score (nSPS) is 11.7. The lowest BCUT2D eigenvalue weighted by Gasteiger charge is -1.91. The van der Waals surface area contributed by atoms with E-state index in [1.54, 1.807) is 13.0 Å². The van der Waals surface area contributed by atoms with Crippen molar-refractivity contribution < 1.29 is 14.3 Å². The average Bonchev–Trinajstić information content (AvgIpc) is 2.34. The summed E-state index contributed by atoms with van der Waals surface area (Å²) in [5.74, 6) is -0.413. The molecule has 64 valence electrons. The average molecular weight is 231 g/mol. The van der Waals surface area contributed by atoms with Crippen molar-refractivity contribution in [1.29, 1.82) is 0 Å². The minimum absolute atomic E-state index is 0.560. The molecular weight excluding hydrogens is 224 g/mol. The molecule has 0 aliphatic rings. The lowest BCUT2D eigenvalue weighted by atomic mass is 10.2. The van der Waals surface area contributed by atoms with Gasteiger partial charge in [0, 0.05) is 6.08 Å². The van der Waals surface area contributed by atoms with E-state index in [0.717, 1.165) is 10.5 Å². The van der Waals surface area contributed by atoms with E-state index in [1.165, 1.54) is 6.26 Å². The van der Waals surface area contributed by atoms with Gasteiger partial charge in [-0.15, -0.1) is 0 Å². The third kappa shape index (κ3) is 2.23. The highest BCUT2D eigenvalue weighted by molar-refractivity contribution is 9.10. The molecular formula is C8H7BrO3. The molecule has 1 heterocycles. The molecule has 0 saturated carbocycles. The standard InChI is InChI=1S/C8H7BrO3/c1-5(2-8(10)11)7-3-6(9)4-12-7/h2-4H,1H3,(H,10,11)/b5-2+. The fraction of sp³-hybridized carbons (Fsp3) is 0.125. The Hall–Kier alpha value is -1.03. The van der Waals surface area contributed by atoms with Gasteiger partial charge in [0.25, 0.3) is 0 Å². The fourth-order valence-electron chi connectivity index (χ4n) is 0.776. The van der Waals surface area contributed by atoms with Crippen LogP contribution in [0.5, 0.6) is 0 Å². The molecule has 0 spiro atoms. The Morgan fingerprint density at radius 2 is 2.42 bits per heavy atom. The first-order chi connectivity index (χ1) is 5.59. The highest BCUT2D eigenvalue weighted by Gasteiger charge is 2.02. The van der Waals surface area contributed by atoms with E-state index in [0.29, 0.717) is 11.3 Å². The molecule has 1 rings (SSSR count). The Bertz CT molecular complexity index is 325. The predicted molar refractivity (Wildman–Crippen MR) is 47.7 cm³/mol. The molecule has 0 atom stereocenters. The van der Waals surface area contributed by atoms with Gasteiger partial charge in [-0.25, -0.2) is 4.79 Å². The second-order valence-electron chi connectivity index (χ2n) is 2.29. The highest BCUT2D eigenvalue weighted by Crippen LogP contribution is 2.20. The molecule has 0 bridgehead atoms. The van der Waals surface area contributed by atoms with Gasteiger partial charge in [-0.3, -0.25) is 0 Å². The summed E-state index contributed by atoms with van der Waals surface area (Å²) in [6, 6.07) is 1.72. The lowest BCUT2D eigenvalue weighted by Crippen LogP contribution is -1.88. The molecule has 0 fully saturated rings. The van der Waals surface area contributed by atoms with Gasteiger partial charge in [-0.1, -0.05) is 0 Å². The number of aliphatic carboxylic acids is 1. The topological polar surface area (TPSA) is 50.4 Å². The van der Waals surface area contributed by atoms with E-state index in [2.05, 4.69) is 15.9 Å². The number of hydrogen-bond donors (Lipinski definition) is 1. The van der Waals surface area contributed by atoms with Crippen molar-refractivity contribution in [2.75, 3.05) is 0 Å². The van der Waals surface area contributed by atoms with Crippen LogP contribution in [0.25, 0.3) is 5.57 Å². The summed E-state index contributed by atoms with van der Waals surface area (Å²) in [7, 11) is 0. The van der Waals surface area contributed by atoms with Crippen LogP contribution in [0.4, 0.5) is 0 Å². The number of rotatable bonds is 2. The number of allylic oxidation sites excluding steroid dienone is 1. The Morgan fingerprint density at radius 1 is 1.75 bits per heavy atom. The van der Waals surface area contributed by atoms with Gasteiger partial charge in [0.15, 0.2) is 0 Å². The van der Waals surface area contributed by atoms with Crippen LogP contribution in [-0.2, 0) is 4.79 Å². The molecule has 0 saturated heterocycles. The molecule has 0 amide bonds. The van der Waals surface area contributed by atoms with Crippen LogP contribution in [0.3, 0.4) is 0 Å². The lowest BCUT2D eigenvalue weighted by molar-refractivity contribution is -0.131. The number of carboxylic acids is 1. The number of hydrogen-bond acceptors (Lipinski definition) is 2. The summed E-state index contributed by atoms with van der Waals surface area (Å²) in [4.78, 5) is 10.3. The van der Waals surface area contributed by atoms with Crippen molar-refractivity contribution in [3.8, 4) is 0 Å². The summed E-state index contributed by atoms with van der Waals surface area (Å²) in [5, 5.41) is 8.42. The van der Waals surface area contributed by atoms with Crippen molar-refractivity contribution in [3.05, 3.63) is 28.6 Å². The third-order valence-electron chi connectivity index (χ3n) is 1.30. The number of carbonyl (C=O) groups is 1. The summed E-state index contributed by atoms with van der Waals surface area (Å²) < 4.78 is 5.85. The second-order valence-corrected chi connectivity index (χ2v) is 3.21. The van der Waals surface area contributed by atoms with Crippen LogP contribution >= 0.6 is 15.9 Å². The van der Waals surface area contributed by atoms with Crippen molar-refractivity contribution in [3.63, 3.8) is 0 Å². The molecule has 1 aromatic heterocycles. The smallest absolute Gasteiger partial charge is 0.328 e. The van der Waals surface area contributed by atoms with Crippen molar-refractivity contribution in [2.45, 2.75) is 6.92 Å². The maximum absolute atomic E-state index is 10.3. The first-order valence-corrected chi connectivity index (χ1v) is 4.04. The van der Waals surface area contributed by atoms with Crippen LogP contribution in [0.2, 0.25) is 0 Å². The van der Waals surface area contributed by atoms with E-state index < -0.39 is 5.97 Å². The number of furan rings is 1. The van der Waals surface area contributed by atoms with Gasteiger partial charge in [0.1, 0.15) is 12.0 Å². The van der Waals surface area contributed by atoms with Gasteiger partial charge >= 0.3 is 5.97 Å². The van der Waals surface area contributed by atoms with Gasteiger partial charge in [-0.2, -0.15) is 0 Å². The van der Waals surface area contributed by atoms with Gasteiger partial charge < -0.3 is 9.52 Å². The van der Waals surface area contributed by atoms with E-state index in [9.17, 15) is 4.79 Å².